The lowest BCUT2D eigenvalue weighted by atomic mass is 10.1. The van der Waals surface area contributed by atoms with Gasteiger partial charge in [0.2, 0.25) is 22.7 Å². The number of fused-ring (bicyclic) bond motifs is 1. The van der Waals surface area contributed by atoms with Gasteiger partial charge in [-0.15, -0.1) is 0 Å². The molecule has 2 aliphatic rings. The number of amides is 1. The maximum atomic E-state index is 13.6. The molecule has 3 aromatic rings. The minimum Gasteiger partial charge on any atom is -0.454 e. The third-order valence-electron chi connectivity index (χ3n) is 6.64. The van der Waals surface area contributed by atoms with E-state index in [1.165, 1.54) is 16.4 Å². The summed E-state index contributed by atoms with van der Waals surface area (Å²) < 4.78 is 40.0. The SMILES string of the molecule is O=C(CN(Cc1ccccc1Cl)S(=O)(=O)c1ccc(Br)cc1)N1CCN(Cc2ccc3c(c2)OCO3)CC1. The average molecular weight is 621 g/mol. The average Bonchev–Trinajstić information content (AvgIpc) is 3.38. The Kier molecular flexibility index (Phi) is 8.25. The van der Waals surface area contributed by atoms with E-state index in [9.17, 15) is 13.2 Å². The second kappa shape index (κ2) is 11.6. The lowest BCUT2D eigenvalue weighted by molar-refractivity contribution is -0.133. The summed E-state index contributed by atoms with van der Waals surface area (Å²) in [4.78, 5) is 17.5. The molecule has 8 nitrogen and oxygen atoms in total. The molecule has 0 aliphatic carbocycles. The quantitative estimate of drug-likeness (QED) is 0.372. The fourth-order valence-electron chi connectivity index (χ4n) is 4.50. The number of hydrogen-bond acceptors (Lipinski definition) is 6. The summed E-state index contributed by atoms with van der Waals surface area (Å²) in [5.41, 5.74) is 1.75. The Bertz CT molecular complexity index is 1410. The van der Waals surface area contributed by atoms with Crippen LogP contribution in [-0.2, 0) is 27.9 Å². The number of rotatable bonds is 8. The zero-order valence-corrected chi connectivity index (χ0v) is 23.7. The Hall–Kier alpha value is -2.63. The van der Waals surface area contributed by atoms with Crippen LogP contribution in [0.3, 0.4) is 0 Å². The van der Waals surface area contributed by atoms with Crippen molar-refractivity contribution in [2.75, 3.05) is 39.5 Å². The molecule has 1 amide bonds. The molecule has 1 saturated heterocycles. The first-order valence-electron chi connectivity index (χ1n) is 12.2. The standard InChI is InChI=1S/C27H27BrClN3O5S/c28-22-6-8-23(9-7-22)38(34,35)32(17-21-3-1-2-4-24(21)29)18-27(33)31-13-11-30(12-14-31)16-20-5-10-25-26(15-20)37-19-36-25/h1-10,15H,11-14,16-19H2. The lowest BCUT2D eigenvalue weighted by Gasteiger charge is -2.35. The topological polar surface area (TPSA) is 79.4 Å². The van der Waals surface area contributed by atoms with Crippen molar-refractivity contribution < 1.29 is 22.7 Å². The molecule has 0 saturated carbocycles. The first-order valence-corrected chi connectivity index (χ1v) is 14.8. The minimum atomic E-state index is -3.95. The molecule has 38 heavy (non-hydrogen) atoms. The maximum Gasteiger partial charge on any atom is 0.243 e. The van der Waals surface area contributed by atoms with Crippen molar-refractivity contribution >= 4 is 43.5 Å². The van der Waals surface area contributed by atoms with Gasteiger partial charge in [0.05, 0.1) is 11.4 Å². The van der Waals surface area contributed by atoms with Gasteiger partial charge in [-0.25, -0.2) is 8.42 Å². The third-order valence-corrected chi connectivity index (χ3v) is 9.34. The highest BCUT2D eigenvalue weighted by atomic mass is 79.9. The molecule has 0 unspecified atom stereocenters. The predicted octanol–water partition coefficient (Wildman–Crippen LogP) is 4.37. The van der Waals surface area contributed by atoms with Crippen molar-refractivity contribution in [3.8, 4) is 11.5 Å². The van der Waals surface area contributed by atoms with E-state index in [1.54, 1.807) is 41.3 Å². The van der Waals surface area contributed by atoms with Crippen LogP contribution in [0.1, 0.15) is 11.1 Å². The molecular weight excluding hydrogens is 594 g/mol. The molecule has 0 radical (unpaired) electrons. The van der Waals surface area contributed by atoms with Crippen LogP contribution in [0.2, 0.25) is 5.02 Å². The Morgan fingerprint density at radius 2 is 1.66 bits per heavy atom. The second-order valence-electron chi connectivity index (χ2n) is 9.16. The number of sulfonamides is 1. The normalized spacial score (nSPS) is 15.7. The van der Waals surface area contributed by atoms with Crippen molar-refractivity contribution in [1.29, 1.82) is 0 Å². The number of halogens is 2. The van der Waals surface area contributed by atoms with E-state index < -0.39 is 10.0 Å². The molecule has 3 aromatic carbocycles. The first-order chi connectivity index (χ1) is 18.3. The Labute approximate surface area is 235 Å². The molecule has 0 N–H and O–H groups in total. The summed E-state index contributed by atoms with van der Waals surface area (Å²) in [6, 6.07) is 19.4. The van der Waals surface area contributed by atoms with E-state index in [-0.39, 0.29) is 30.7 Å². The highest BCUT2D eigenvalue weighted by molar-refractivity contribution is 9.10. The minimum absolute atomic E-state index is 0.00606. The molecule has 5 rings (SSSR count). The van der Waals surface area contributed by atoms with E-state index in [0.29, 0.717) is 36.8 Å². The monoisotopic (exact) mass is 619 g/mol. The van der Waals surface area contributed by atoms with Gasteiger partial charge < -0.3 is 14.4 Å². The smallest absolute Gasteiger partial charge is 0.243 e. The van der Waals surface area contributed by atoms with E-state index >= 15 is 0 Å². The Balaban J connectivity index is 1.26. The molecule has 0 spiro atoms. The van der Waals surface area contributed by atoms with Gasteiger partial charge in [-0.3, -0.25) is 9.69 Å². The van der Waals surface area contributed by atoms with Gasteiger partial charge >= 0.3 is 0 Å². The van der Waals surface area contributed by atoms with Gasteiger partial charge in [0.25, 0.3) is 0 Å². The largest absolute Gasteiger partial charge is 0.454 e. The van der Waals surface area contributed by atoms with Crippen LogP contribution in [0.4, 0.5) is 0 Å². The Morgan fingerprint density at radius 3 is 2.39 bits per heavy atom. The van der Waals surface area contributed by atoms with E-state index in [2.05, 4.69) is 20.8 Å². The molecule has 11 heteroatoms. The van der Waals surface area contributed by atoms with Crippen LogP contribution in [-0.4, -0.2) is 67.9 Å². The molecular formula is C27H27BrClN3O5S. The summed E-state index contributed by atoms with van der Waals surface area (Å²) in [7, 11) is -3.95. The number of nitrogens with zero attached hydrogens (tertiary/aromatic N) is 3. The number of benzene rings is 3. The predicted molar refractivity (Wildman–Crippen MR) is 148 cm³/mol. The van der Waals surface area contributed by atoms with Gasteiger partial charge in [0.15, 0.2) is 11.5 Å². The summed E-state index contributed by atoms with van der Waals surface area (Å²) in [5.74, 6) is 1.27. The number of carbonyl (C=O) groups is 1. The second-order valence-corrected chi connectivity index (χ2v) is 12.4. The summed E-state index contributed by atoms with van der Waals surface area (Å²) >= 11 is 9.68. The maximum absolute atomic E-state index is 13.6. The molecule has 2 heterocycles. The van der Waals surface area contributed by atoms with Crippen molar-refractivity contribution in [1.82, 2.24) is 14.1 Å². The van der Waals surface area contributed by atoms with Crippen molar-refractivity contribution in [2.45, 2.75) is 18.0 Å². The highest BCUT2D eigenvalue weighted by Gasteiger charge is 2.30. The van der Waals surface area contributed by atoms with Gasteiger partial charge in [-0.2, -0.15) is 4.31 Å². The summed E-state index contributed by atoms with van der Waals surface area (Å²) in [6.07, 6.45) is 0. The zero-order valence-electron chi connectivity index (χ0n) is 20.6. The molecule has 200 valence electrons. The number of ether oxygens (including phenoxy) is 2. The molecule has 1 fully saturated rings. The van der Waals surface area contributed by atoms with E-state index in [4.69, 9.17) is 21.1 Å². The van der Waals surface area contributed by atoms with Gasteiger partial charge in [0, 0.05) is 48.8 Å². The van der Waals surface area contributed by atoms with Crippen LogP contribution in [0.5, 0.6) is 11.5 Å². The summed E-state index contributed by atoms with van der Waals surface area (Å²) in [6.45, 7) is 3.09. The van der Waals surface area contributed by atoms with Crippen molar-refractivity contribution in [3.63, 3.8) is 0 Å². The van der Waals surface area contributed by atoms with Gasteiger partial charge in [0.1, 0.15) is 0 Å². The van der Waals surface area contributed by atoms with Gasteiger partial charge in [-0.1, -0.05) is 51.8 Å². The summed E-state index contributed by atoms with van der Waals surface area (Å²) in [5, 5.41) is 0.452. The molecule has 0 bridgehead atoms. The lowest BCUT2D eigenvalue weighted by Crippen LogP contribution is -2.51. The number of carbonyl (C=O) groups excluding carboxylic acids is 1. The zero-order chi connectivity index (χ0) is 26.7. The molecule has 0 atom stereocenters. The Morgan fingerprint density at radius 1 is 0.947 bits per heavy atom. The molecule has 0 aromatic heterocycles. The van der Waals surface area contributed by atoms with Crippen LogP contribution in [0.25, 0.3) is 0 Å². The van der Waals surface area contributed by atoms with E-state index in [1.807, 2.05) is 18.2 Å². The van der Waals surface area contributed by atoms with Crippen LogP contribution >= 0.6 is 27.5 Å². The third kappa shape index (κ3) is 6.16. The van der Waals surface area contributed by atoms with Crippen LogP contribution < -0.4 is 9.47 Å². The van der Waals surface area contributed by atoms with Crippen LogP contribution in [0, 0.1) is 0 Å². The van der Waals surface area contributed by atoms with Crippen LogP contribution in [0.15, 0.2) is 76.1 Å². The fourth-order valence-corrected chi connectivity index (χ4v) is 6.33. The highest BCUT2D eigenvalue weighted by Crippen LogP contribution is 2.33. The number of piperazine rings is 1. The van der Waals surface area contributed by atoms with Crippen molar-refractivity contribution in [3.05, 3.63) is 87.4 Å². The first kappa shape index (κ1) is 27.0. The van der Waals surface area contributed by atoms with E-state index in [0.717, 1.165) is 28.1 Å². The molecule has 2 aliphatic heterocycles. The fraction of sp³-hybridized carbons (Fsp3) is 0.296. The van der Waals surface area contributed by atoms with Gasteiger partial charge in [-0.05, 0) is 53.6 Å². The van der Waals surface area contributed by atoms with Crippen molar-refractivity contribution in [2.24, 2.45) is 0 Å². The number of hydrogen-bond donors (Lipinski definition) is 0.